The summed E-state index contributed by atoms with van der Waals surface area (Å²) in [6.45, 7) is 6.33. The molecule has 0 saturated heterocycles. The molecule has 2 aromatic carbocycles. The van der Waals surface area contributed by atoms with Gasteiger partial charge in [0.1, 0.15) is 11.5 Å². The smallest absolute Gasteiger partial charge is 0.224 e. The van der Waals surface area contributed by atoms with Gasteiger partial charge in [0.2, 0.25) is 11.8 Å². The van der Waals surface area contributed by atoms with Crippen LogP contribution in [0.5, 0.6) is 11.5 Å². The highest BCUT2D eigenvalue weighted by molar-refractivity contribution is 5.95. The monoisotopic (exact) mass is 370 g/mol. The third-order valence-electron chi connectivity index (χ3n) is 3.87. The lowest BCUT2D eigenvalue weighted by atomic mass is 10.1. The first-order valence-electron chi connectivity index (χ1n) is 9.02. The number of hydrogen-bond donors (Lipinski definition) is 2. The molecule has 0 aliphatic carbocycles. The van der Waals surface area contributed by atoms with E-state index >= 15 is 0 Å². The van der Waals surface area contributed by atoms with Crippen molar-refractivity contribution in [2.75, 3.05) is 23.8 Å². The summed E-state index contributed by atoms with van der Waals surface area (Å²) in [7, 11) is 0. The third-order valence-corrected chi connectivity index (χ3v) is 3.87. The van der Waals surface area contributed by atoms with Crippen LogP contribution in [0, 0.1) is 6.92 Å². The molecule has 0 aliphatic heterocycles. The Hall–Kier alpha value is -3.02. The predicted octanol–water partition coefficient (Wildman–Crippen LogP) is 4.15. The lowest BCUT2D eigenvalue weighted by molar-refractivity contribution is -0.116. The van der Waals surface area contributed by atoms with Crippen LogP contribution in [0.2, 0.25) is 0 Å². The fourth-order valence-corrected chi connectivity index (χ4v) is 2.53. The molecule has 144 valence electrons. The van der Waals surface area contributed by atoms with Gasteiger partial charge in [0.25, 0.3) is 0 Å². The van der Waals surface area contributed by atoms with Gasteiger partial charge >= 0.3 is 0 Å². The minimum absolute atomic E-state index is 0.0895. The fraction of sp³-hybridized carbons (Fsp3) is 0.333. The average molecular weight is 370 g/mol. The van der Waals surface area contributed by atoms with E-state index in [-0.39, 0.29) is 11.8 Å². The Balaban J connectivity index is 1.77. The van der Waals surface area contributed by atoms with Crippen LogP contribution < -0.4 is 20.1 Å². The normalized spacial score (nSPS) is 10.2. The van der Waals surface area contributed by atoms with Gasteiger partial charge in [-0.3, -0.25) is 9.59 Å². The summed E-state index contributed by atoms with van der Waals surface area (Å²) >= 11 is 0. The molecule has 2 aromatic rings. The Morgan fingerprint density at radius 3 is 2.11 bits per heavy atom. The number of amides is 2. The molecule has 6 heteroatoms. The lowest BCUT2D eigenvalue weighted by Gasteiger charge is -2.13. The van der Waals surface area contributed by atoms with Crippen molar-refractivity contribution in [3.8, 4) is 11.5 Å². The van der Waals surface area contributed by atoms with Gasteiger partial charge in [-0.2, -0.15) is 0 Å². The van der Waals surface area contributed by atoms with E-state index in [4.69, 9.17) is 9.47 Å². The number of carbonyl (C=O) groups is 2. The first-order chi connectivity index (χ1) is 13.0. The van der Waals surface area contributed by atoms with Gasteiger partial charge < -0.3 is 20.1 Å². The first-order valence-corrected chi connectivity index (χ1v) is 9.02. The summed E-state index contributed by atoms with van der Waals surface area (Å²) < 4.78 is 11.0. The molecule has 0 aromatic heterocycles. The molecule has 0 spiro atoms. The number of hydrogen-bond acceptors (Lipinski definition) is 4. The van der Waals surface area contributed by atoms with E-state index in [1.54, 1.807) is 12.1 Å². The predicted molar refractivity (Wildman–Crippen MR) is 106 cm³/mol. The van der Waals surface area contributed by atoms with Gasteiger partial charge in [-0.25, -0.2) is 0 Å². The number of carbonyl (C=O) groups excluding carboxylic acids is 2. The van der Waals surface area contributed by atoms with Crippen molar-refractivity contribution >= 4 is 23.2 Å². The van der Waals surface area contributed by atoms with Crippen LogP contribution >= 0.6 is 0 Å². The van der Waals surface area contributed by atoms with Gasteiger partial charge in [-0.05, 0) is 62.2 Å². The van der Waals surface area contributed by atoms with Crippen molar-refractivity contribution in [1.29, 1.82) is 0 Å². The molecular weight excluding hydrogens is 344 g/mol. The van der Waals surface area contributed by atoms with Crippen LogP contribution in [0.1, 0.15) is 32.3 Å². The average Bonchev–Trinajstić information content (AvgIpc) is 2.63. The summed E-state index contributed by atoms with van der Waals surface area (Å²) in [6, 6.07) is 12.8. The molecule has 0 unspecified atom stereocenters. The summed E-state index contributed by atoms with van der Waals surface area (Å²) in [6.07, 6.45) is 0.949. The van der Waals surface area contributed by atoms with Crippen molar-refractivity contribution in [3.05, 3.63) is 48.0 Å². The van der Waals surface area contributed by atoms with Gasteiger partial charge in [0, 0.05) is 24.7 Å². The molecule has 0 fully saturated rings. The molecule has 27 heavy (non-hydrogen) atoms. The van der Waals surface area contributed by atoms with Crippen molar-refractivity contribution in [2.24, 2.45) is 0 Å². The molecule has 0 saturated carbocycles. The molecular formula is C21H26N2O4. The third kappa shape index (κ3) is 6.66. The Morgan fingerprint density at radius 1 is 0.926 bits per heavy atom. The largest absolute Gasteiger partial charge is 0.494 e. The highest BCUT2D eigenvalue weighted by atomic mass is 16.5. The number of anilines is 2. The van der Waals surface area contributed by atoms with Gasteiger partial charge in [-0.15, -0.1) is 0 Å². The van der Waals surface area contributed by atoms with E-state index < -0.39 is 0 Å². The van der Waals surface area contributed by atoms with E-state index in [1.165, 1.54) is 6.92 Å². The molecule has 6 nitrogen and oxygen atoms in total. The highest BCUT2D eigenvalue weighted by Gasteiger charge is 2.08. The van der Waals surface area contributed by atoms with Gasteiger partial charge in [0.15, 0.2) is 0 Å². The number of benzene rings is 2. The maximum Gasteiger partial charge on any atom is 0.224 e. The Labute approximate surface area is 159 Å². The molecule has 0 atom stereocenters. The van der Waals surface area contributed by atoms with E-state index in [0.717, 1.165) is 17.1 Å². The number of ether oxygens (including phenoxy) is 2. The zero-order valence-electron chi connectivity index (χ0n) is 16.0. The van der Waals surface area contributed by atoms with Crippen molar-refractivity contribution in [1.82, 2.24) is 0 Å². The topological polar surface area (TPSA) is 76.7 Å². The molecule has 0 radical (unpaired) electrons. The number of rotatable bonds is 9. The van der Waals surface area contributed by atoms with Gasteiger partial charge in [-0.1, -0.05) is 6.07 Å². The van der Waals surface area contributed by atoms with Crippen LogP contribution in [0.4, 0.5) is 11.4 Å². The molecule has 2 N–H and O–H groups in total. The molecule has 2 amide bonds. The summed E-state index contributed by atoms with van der Waals surface area (Å²) in [4.78, 5) is 23.4. The van der Waals surface area contributed by atoms with Crippen molar-refractivity contribution in [3.63, 3.8) is 0 Å². The van der Waals surface area contributed by atoms with E-state index in [0.29, 0.717) is 37.4 Å². The Kier molecular flexibility index (Phi) is 7.67. The second-order valence-corrected chi connectivity index (χ2v) is 6.06. The summed E-state index contributed by atoms with van der Waals surface area (Å²) in [5, 5.41) is 5.63. The van der Waals surface area contributed by atoms with E-state index in [1.807, 2.05) is 44.2 Å². The lowest BCUT2D eigenvalue weighted by Crippen LogP contribution is -2.15. The van der Waals surface area contributed by atoms with Crippen molar-refractivity contribution < 1.29 is 19.1 Å². The highest BCUT2D eigenvalue weighted by Crippen LogP contribution is 2.23. The first kappa shape index (κ1) is 20.3. The maximum absolute atomic E-state index is 12.2. The maximum atomic E-state index is 12.2. The SMILES string of the molecule is CCOc1ccc(OCCCC(=O)Nc2cccc(NC(C)=O)c2C)cc1. The van der Waals surface area contributed by atoms with E-state index in [2.05, 4.69) is 10.6 Å². The molecule has 0 aliphatic rings. The standard InChI is InChI=1S/C21H26N2O4/c1-4-26-17-10-12-18(13-11-17)27-14-6-9-21(25)23-20-8-5-7-19(15(20)2)22-16(3)24/h5,7-8,10-13H,4,6,9,14H2,1-3H3,(H,22,24)(H,23,25). The van der Waals surface area contributed by atoms with Crippen LogP contribution in [-0.2, 0) is 9.59 Å². The Bertz CT molecular complexity index is 772. The summed E-state index contributed by atoms with van der Waals surface area (Å²) in [5.74, 6) is 1.32. The zero-order valence-corrected chi connectivity index (χ0v) is 16.0. The molecule has 2 rings (SSSR count). The molecule has 0 bridgehead atoms. The second kappa shape index (κ2) is 10.2. The van der Waals surface area contributed by atoms with Crippen LogP contribution in [0.3, 0.4) is 0 Å². The minimum atomic E-state index is -0.145. The summed E-state index contributed by atoms with van der Waals surface area (Å²) in [5.41, 5.74) is 2.21. The minimum Gasteiger partial charge on any atom is -0.494 e. The quantitative estimate of drug-likeness (QED) is 0.650. The van der Waals surface area contributed by atoms with E-state index in [9.17, 15) is 9.59 Å². The molecule has 0 heterocycles. The van der Waals surface area contributed by atoms with Crippen molar-refractivity contribution in [2.45, 2.75) is 33.6 Å². The fourth-order valence-electron chi connectivity index (χ4n) is 2.53. The van der Waals surface area contributed by atoms with Crippen LogP contribution in [0.15, 0.2) is 42.5 Å². The van der Waals surface area contributed by atoms with Gasteiger partial charge in [0.05, 0.1) is 13.2 Å². The Morgan fingerprint density at radius 2 is 1.52 bits per heavy atom. The zero-order chi connectivity index (χ0) is 19.6. The van der Waals surface area contributed by atoms with Crippen LogP contribution in [0.25, 0.3) is 0 Å². The van der Waals surface area contributed by atoms with Crippen LogP contribution in [-0.4, -0.2) is 25.0 Å². The second-order valence-electron chi connectivity index (χ2n) is 6.06. The number of nitrogens with one attached hydrogen (secondary N) is 2.